The van der Waals surface area contributed by atoms with E-state index in [0.717, 1.165) is 6.42 Å². The van der Waals surface area contributed by atoms with Gasteiger partial charge in [-0.1, -0.05) is 13.0 Å². The number of carbonyl (C=O) groups is 1. The molecule has 0 heterocycles. The molecule has 0 saturated carbocycles. The van der Waals surface area contributed by atoms with E-state index in [1.54, 1.807) is 0 Å². The largest absolute Gasteiger partial charge is 0.508 e. The average molecular weight is 266 g/mol. The third-order valence-electron chi connectivity index (χ3n) is 2.23. The van der Waals surface area contributed by atoms with Crippen molar-refractivity contribution in [3.05, 3.63) is 42.2 Å². The number of hydrogen-bond acceptors (Lipinski definition) is 5. The molecule has 0 amide bonds. The van der Waals surface area contributed by atoms with Gasteiger partial charge < -0.3 is 19.7 Å². The standard InChI is InChI=1S/C14H18O5/c1-2-3-8-18-9-13(16)10-19-14(17)11-4-6-12(15)7-5-11/h3-8,13,15-16H,2,9-10H2,1H3. The Labute approximate surface area is 112 Å². The van der Waals surface area contributed by atoms with Crippen LogP contribution in [-0.4, -0.2) is 35.5 Å². The molecule has 0 aliphatic rings. The lowest BCUT2D eigenvalue weighted by Gasteiger charge is -2.10. The van der Waals surface area contributed by atoms with E-state index in [4.69, 9.17) is 14.6 Å². The number of aliphatic hydroxyl groups excluding tert-OH is 1. The van der Waals surface area contributed by atoms with Crippen LogP contribution in [0.25, 0.3) is 0 Å². The van der Waals surface area contributed by atoms with E-state index in [1.165, 1.54) is 30.5 Å². The summed E-state index contributed by atoms with van der Waals surface area (Å²) in [6.45, 7) is 1.90. The number of phenolic OH excluding ortho intramolecular Hbond substituents is 1. The molecule has 2 N–H and O–H groups in total. The van der Waals surface area contributed by atoms with Crippen molar-refractivity contribution in [1.29, 1.82) is 0 Å². The molecule has 0 saturated heterocycles. The molecule has 0 bridgehead atoms. The second kappa shape index (κ2) is 8.16. The average Bonchev–Trinajstić information content (AvgIpc) is 2.42. The van der Waals surface area contributed by atoms with Gasteiger partial charge in [0.15, 0.2) is 0 Å². The van der Waals surface area contributed by atoms with E-state index >= 15 is 0 Å². The minimum Gasteiger partial charge on any atom is -0.508 e. The summed E-state index contributed by atoms with van der Waals surface area (Å²) < 4.78 is 9.95. The van der Waals surface area contributed by atoms with E-state index < -0.39 is 12.1 Å². The number of aromatic hydroxyl groups is 1. The molecule has 0 spiro atoms. The summed E-state index contributed by atoms with van der Waals surface area (Å²) in [5, 5.41) is 18.6. The fraction of sp³-hybridized carbons (Fsp3) is 0.357. The zero-order chi connectivity index (χ0) is 14.1. The van der Waals surface area contributed by atoms with Crippen molar-refractivity contribution >= 4 is 5.97 Å². The Morgan fingerprint density at radius 1 is 1.32 bits per heavy atom. The molecule has 0 radical (unpaired) electrons. The van der Waals surface area contributed by atoms with Gasteiger partial charge in [0, 0.05) is 0 Å². The van der Waals surface area contributed by atoms with Gasteiger partial charge in [-0.3, -0.25) is 0 Å². The van der Waals surface area contributed by atoms with Crippen molar-refractivity contribution in [3.63, 3.8) is 0 Å². The molecule has 1 atom stereocenters. The first kappa shape index (κ1) is 15.0. The Balaban J connectivity index is 2.29. The minimum absolute atomic E-state index is 0.0688. The monoisotopic (exact) mass is 266 g/mol. The van der Waals surface area contributed by atoms with Crippen LogP contribution >= 0.6 is 0 Å². The summed E-state index contributed by atoms with van der Waals surface area (Å²) in [5.41, 5.74) is 0.316. The number of phenols is 1. The normalized spacial score (nSPS) is 12.3. The van der Waals surface area contributed by atoms with Gasteiger partial charge in [-0.25, -0.2) is 4.79 Å². The maximum absolute atomic E-state index is 11.6. The number of rotatable bonds is 7. The third kappa shape index (κ3) is 5.92. The van der Waals surface area contributed by atoms with Crippen LogP contribution in [0.2, 0.25) is 0 Å². The summed E-state index contributed by atoms with van der Waals surface area (Å²) in [4.78, 5) is 11.6. The van der Waals surface area contributed by atoms with Gasteiger partial charge >= 0.3 is 5.97 Å². The maximum atomic E-state index is 11.6. The fourth-order valence-electron chi connectivity index (χ4n) is 1.23. The number of carbonyl (C=O) groups excluding carboxylic acids is 1. The topological polar surface area (TPSA) is 76.0 Å². The summed E-state index contributed by atoms with van der Waals surface area (Å²) in [7, 11) is 0. The van der Waals surface area contributed by atoms with Crippen LogP contribution in [0.4, 0.5) is 0 Å². The van der Waals surface area contributed by atoms with Crippen LogP contribution in [0.1, 0.15) is 23.7 Å². The third-order valence-corrected chi connectivity index (χ3v) is 2.23. The quantitative estimate of drug-likeness (QED) is 0.582. The molecule has 0 aromatic heterocycles. The number of aliphatic hydroxyl groups is 1. The molecular weight excluding hydrogens is 248 g/mol. The number of benzene rings is 1. The Bertz CT molecular complexity index is 410. The van der Waals surface area contributed by atoms with E-state index in [2.05, 4.69) is 0 Å². The van der Waals surface area contributed by atoms with Crippen molar-refractivity contribution in [1.82, 2.24) is 0 Å². The molecule has 1 rings (SSSR count). The van der Waals surface area contributed by atoms with Gasteiger partial charge in [-0.05, 0) is 30.7 Å². The van der Waals surface area contributed by atoms with Crippen molar-refractivity contribution in [2.24, 2.45) is 0 Å². The number of ether oxygens (including phenoxy) is 2. The zero-order valence-electron chi connectivity index (χ0n) is 10.8. The summed E-state index contributed by atoms with van der Waals surface area (Å²) in [6, 6.07) is 5.69. The van der Waals surface area contributed by atoms with E-state index in [9.17, 15) is 9.90 Å². The highest BCUT2D eigenvalue weighted by atomic mass is 16.5. The molecule has 5 nitrogen and oxygen atoms in total. The van der Waals surface area contributed by atoms with Crippen LogP contribution < -0.4 is 0 Å². The van der Waals surface area contributed by atoms with Gasteiger partial charge in [0.05, 0.1) is 11.8 Å². The van der Waals surface area contributed by atoms with Crippen molar-refractivity contribution in [2.45, 2.75) is 19.4 Å². The Morgan fingerprint density at radius 3 is 2.63 bits per heavy atom. The molecule has 104 valence electrons. The summed E-state index contributed by atoms with van der Waals surface area (Å²) in [5.74, 6) is -0.476. The molecule has 5 heteroatoms. The molecule has 0 fully saturated rings. The Morgan fingerprint density at radius 2 is 2.00 bits per heavy atom. The first-order valence-electron chi connectivity index (χ1n) is 6.04. The van der Waals surface area contributed by atoms with Gasteiger partial charge in [-0.2, -0.15) is 0 Å². The molecule has 1 unspecified atom stereocenters. The fourth-order valence-corrected chi connectivity index (χ4v) is 1.23. The number of allylic oxidation sites excluding steroid dienone is 1. The van der Waals surface area contributed by atoms with Crippen molar-refractivity contribution in [2.75, 3.05) is 13.2 Å². The first-order chi connectivity index (χ1) is 9.13. The lowest BCUT2D eigenvalue weighted by molar-refractivity contribution is 0.00648. The van der Waals surface area contributed by atoms with Gasteiger partial charge in [0.1, 0.15) is 25.1 Å². The molecule has 19 heavy (non-hydrogen) atoms. The van der Waals surface area contributed by atoms with Crippen LogP contribution in [0.5, 0.6) is 5.75 Å². The number of esters is 1. The van der Waals surface area contributed by atoms with Gasteiger partial charge in [-0.15, -0.1) is 0 Å². The molecular formula is C14H18O5. The first-order valence-corrected chi connectivity index (χ1v) is 6.04. The molecule has 1 aromatic rings. The highest BCUT2D eigenvalue weighted by molar-refractivity contribution is 5.89. The Hall–Kier alpha value is -2.01. The lowest BCUT2D eigenvalue weighted by atomic mass is 10.2. The van der Waals surface area contributed by atoms with Gasteiger partial charge in [0.2, 0.25) is 0 Å². The predicted molar refractivity (Wildman–Crippen MR) is 69.8 cm³/mol. The smallest absolute Gasteiger partial charge is 0.338 e. The highest BCUT2D eigenvalue weighted by Gasteiger charge is 2.11. The van der Waals surface area contributed by atoms with E-state index in [0.29, 0.717) is 5.56 Å². The van der Waals surface area contributed by atoms with Crippen LogP contribution in [0, 0.1) is 0 Å². The Kier molecular flexibility index (Phi) is 6.46. The SMILES string of the molecule is CCC=COCC(O)COC(=O)c1ccc(O)cc1. The zero-order valence-corrected chi connectivity index (χ0v) is 10.8. The summed E-state index contributed by atoms with van der Waals surface area (Å²) >= 11 is 0. The van der Waals surface area contributed by atoms with Crippen LogP contribution in [-0.2, 0) is 9.47 Å². The van der Waals surface area contributed by atoms with E-state index in [-0.39, 0.29) is 19.0 Å². The van der Waals surface area contributed by atoms with Crippen molar-refractivity contribution in [3.8, 4) is 5.75 Å². The predicted octanol–water partition coefficient (Wildman–Crippen LogP) is 1.85. The number of hydrogen-bond donors (Lipinski definition) is 2. The van der Waals surface area contributed by atoms with Crippen molar-refractivity contribution < 1.29 is 24.5 Å². The lowest BCUT2D eigenvalue weighted by Crippen LogP contribution is -2.22. The van der Waals surface area contributed by atoms with Crippen LogP contribution in [0.15, 0.2) is 36.6 Å². The maximum Gasteiger partial charge on any atom is 0.338 e. The highest BCUT2D eigenvalue weighted by Crippen LogP contribution is 2.10. The molecule has 1 aromatic carbocycles. The van der Waals surface area contributed by atoms with E-state index in [1.807, 2.05) is 13.0 Å². The molecule has 0 aliphatic heterocycles. The van der Waals surface area contributed by atoms with Crippen LogP contribution in [0.3, 0.4) is 0 Å². The second-order valence-corrected chi connectivity index (χ2v) is 3.91. The minimum atomic E-state index is -0.873. The van der Waals surface area contributed by atoms with Gasteiger partial charge in [0.25, 0.3) is 0 Å². The summed E-state index contributed by atoms with van der Waals surface area (Å²) in [6.07, 6.45) is 3.30. The molecule has 0 aliphatic carbocycles. The second-order valence-electron chi connectivity index (χ2n) is 3.91.